The van der Waals surface area contributed by atoms with Gasteiger partial charge in [0, 0.05) is 41.7 Å². The number of nitrogens with one attached hydrogen (secondary N) is 1. The normalized spacial score (nSPS) is 18.8. The van der Waals surface area contributed by atoms with Crippen LogP contribution in [0.4, 0.5) is 10.5 Å². The predicted octanol–water partition coefficient (Wildman–Crippen LogP) is 4.06. The summed E-state index contributed by atoms with van der Waals surface area (Å²) in [5, 5.41) is 27.7. The van der Waals surface area contributed by atoms with Crippen molar-refractivity contribution in [2.45, 2.75) is 31.7 Å². The van der Waals surface area contributed by atoms with Crippen LogP contribution >= 0.6 is 0 Å². The summed E-state index contributed by atoms with van der Waals surface area (Å²) in [4.78, 5) is 17.0. The first-order valence-corrected chi connectivity index (χ1v) is 10.4. The molecule has 1 amide bonds. The van der Waals surface area contributed by atoms with E-state index in [4.69, 9.17) is 10.4 Å². The van der Waals surface area contributed by atoms with Gasteiger partial charge in [-0.1, -0.05) is 0 Å². The molecular formula is C23H22N6O2. The van der Waals surface area contributed by atoms with Gasteiger partial charge in [0.2, 0.25) is 0 Å². The molecule has 0 aliphatic heterocycles. The molecule has 8 nitrogen and oxygen atoms in total. The number of carbonyl (C=O) groups is 1. The van der Waals surface area contributed by atoms with E-state index in [1.165, 1.54) is 10.8 Å². The Kier molecular flexibility index (Phi) is 4.88. The van der Waals surface area contributed by atoms with Crippen molar-refractivity contribution in [1.82, 2.24) is 19.3 Å². The quantitative estimate of drug-likeness (QED) is 0.525. The maximum Gasteiger partial charge on any atom is 0.331 e. The van der Waals surface area contributed by atoms with Crippen LogP contribution in [0.2, 0.25) is 0 Å². The van der Waals surface area contributed by atoms with E-state index >= 15 is 0 Å². The molecule has 0 saturated heterocycles. The molecule has 8 heteroatoms. The topological polar surface area (TPSA) is 109 Å². The molecule has 4 aromatic rings. The Morgan fingerprint density at radius 3 is 2.81 bits per heavy atom. The Morgan fingerprint density at radius 2 is 2.03 bits per heavy atom. The number of nitriles is 1. The highest BCUT2D eigenvalue weighted by Crippen LogP contribution is 2.32. The third-order valence-corrected chi connectivity index (χ3v) is 6.10. The van der Waals surface area contributed by atoms with Crippen molar-refractivity contribution in [3.63, 3.8) is 0 Å². The van der Waals surface area contributed by atoms with Crippen molar-refractivity contribution < 1.29 is 9.90 Å². The number of nitrogens with zero attached hydrogens (tertiary/aromatic N) is 5. The Hall–Kier alpha value is -3.70. The molecule has 0 unspecified atom stereocenters. The Balaban J connectivity index is 1.35. The van der Waals surface area contributed by atoms with Crippen LogP contribution < -0.4 is 5.32 Å². The van der Waals surface area contributed by atoms with Gasteiger partial charge in [-0.15, -0.1) is 0 Å². The largest absolute Gasteiger partial charge is 0.396 e. The third kappa shape index (κ3) is 3.64. The fourth-order valence-electron chi connectivity index (χ4n) is 4.33. The van der Waals surface area contributed by atoms with Crippen LogP contribution in [0.1, 0.15) is 37.3 Å². The number of aromatic nitrogens is 4. The number of hydrogen-bond donors (Lipinski definition) is 2. The average molecular weight is 414 g/mol. The van der Waals surface area contributed by atoms with E-state index in [1.54, 1.807) is 18.3 Å². The number of carbonyl (C=O) groups excluding carboxylic acids is 1. The SMILES string of the molecule is N#Cc1cnc2c(ccn2C(=O)Nc2ccc3nn([C@H]4CC[C@H](CO)CC4)cc3c2)c1. The van der Waals surface area contributed by atoms with E-state index in [2.05, 4.69) is 16.4 Å². The molecule has 1 aliphatic carbocycles. The van der Waals surface area contributed by atoms with Crippen molar-refractivity contribution in [3.8, 4) is 6.07 Å². The summed E-state index contributed by atoms with van der Waals surface area (Å²) in [5.41, 5.74) is 2.53. The van der Waals surface area contributed by atoms with Crippen molar-refractivity contribution in [2.75, 3.05) is 11.9 Å². The first kappa shape index (κ1) is 19.3. The highest BCUT2D eigenvalue weighted by atomic mass is 16.3. The number of anilines is 1. The van der Waals surface area contributed by atoms with Crippen molar-refractivity contribution in [3.05, 3.63) is 54.5 Å². The molecule has 3 aromatic heterocycles. The molecule has 0 atom stereocenters. The summed E-state index contributed by atoms with van der Waals surface area (Å²) in [6, 6.07) is 11.2. The van der Waals surface area contributed by atoms with Gasteiger partial charge in [0.1, 0.15) is 11.7 Å². The zero-order valence-electron chi connectivity index (χ0n) is 16.9. The zero-order chi connectivity index (χ0) is 21.4. The lowest BCUT2D eigenvalue weighted by atomic mass is 9.87. The standard InChI is InChI=1S/C23H22N6O2/c24-11-16-9-17-7-8-28(22(17)25-12-16)23(31)26-19-3-6-21-18(10-19)13-29(27-21)20-4-1-15(14-30)2-5-20/h3,6-10,12-13,15,20,30H,1-2,4-5,14H2,(H,26,31)/t15-,20-. The van der Waals surface area contributed by atoms with Crippen molar-refractivity contribution in [2.24, 2.45) is 5.92 Å². The smallest absolute Gasteiger partial charge is 0.331 e. The number of amides is 1. The van der Waals surface area contributed by atoms with Gasteiger partial charge < -0.3 is 10.4 Å². The summed E-state index contributed by atoms with van der Waals surface area (Å²) in [6.07, 6.45) is 9.22. The van der Waals surface area contributed by atoms with Crippen molar-refractivity contribution in [1.29, 1.82) is 5.26 Å². The number of pyridine rings is 1. The van der Waals surface area contributed by atoms with Gasteiger partial charge in [0.15, 0.2) is 0 Å². The van der Waals surface area contributed by atoms with Crippen molar-refractivity contribution >= 4 is 33.7 Å². The van der Waals surface area contributed by atoms with Crippen LogP contribution in [0.25, 0.3) is 21.9 Å². The molecule has 5 rings (SSSR count). The second-order valence-electron chi connectivity index (χ2n) is 8.10. The number of hydrogen-bond acceptors (Lipinski definition) is 5. The lowest BCUT2D eigenvalue weighted by Gasteiger charge is -2.27. The fraction of sp³-hybridized carbons (Fsp3) is 0.304. The molecule has 1 aromatic carbocycles. The van der Waals surface area contributed by atoms with E-state index in [-0.39, 0.29) is 12.6 Å². The van der Waals surface area contributed by atoms with Gasteiger partial charge in [-0.25, -0.2) is 9.78 Å². The predicted molar refractivity (Wildman–Crippen MR) is 117 cm³/mol. The molecular weight excluding hydrogens is 392 g/mol. The second-order valence-corrected chi connectivity index (χ2v) is 8.10. The molecule has 1 saturated carbocycles. The number of rotatable bonds is 3. The van der Waals surface area contributed by atoms with Crippen LogP contribution in [0.3, 0.4) is 0 Å². The van der Waals surface area contributed by atoms with Gasteiger partial charge in [0.25, 0.3) is 0 Å². The van der Waals surface area contributed by atoms with Crippen LogP contribution in [0, 0.1) is 17.2 Å². The first-order chi connectivity index (χ1) is 15.1. The van der Waals surface area contributed by atoms with E-state index in [0.29, 0.717) is 28.9 Å². The van der Waals surface area contributed by atoms with Crippen LogP contribution in [-0.2, 0) is 0 Å². The number of fused-ring (bicyclic) bond motifs is 2. The summed E-state index contributed by atoms with van der Waals surface area (Å²) < 4.78 is 3.46. The Bertz CT molecular complexity index is 1310. The summed E-state index contributed by atoms with van der Waals surface area (Å²) in [6.45, 7) is 0.266. The van der Waals surface area contributed by atoms with Gasteiger partial charge in [-0.05, 0) is 61.9 Å². The zero-order valence-corrected chi connectivity index (χ0v) is 16.9. The summed E-state index contributed by atoms with van der Waals surface area (Å²) in [7, 11) is 0. The highest BCUT2D eigenvalue weighted by molar-refractivity contribution is 5.98. The van der Waals surface area contributed by atoms with E-state index in [0.717, 1.165) is 42.0 Å². The second kappa shape index (κ2) is 7.85. The van der Waals surface area contributed by atoms with E-state index in [9.17, 15) is 9.90 Å². The van der Waals surface area contributed by atoms with Crippen LogP contribution in [-0.4, -0.2) is 37.1 Å². The minimum absolute atomic E-state index is 0.266. The molecule has 1 aliphatic rings. The molecule has 31 heavy (non-hydrogen) atoms. The number of aliphatic hydroxyl groups excluding tert-OH is 1. The fourth-order valence-corrected chi connectivity index (χ4v) is 4.33. The van der Waals surface area contributed by atoms with E-state index < -0.39 is 0 Å². The minimum Gasteiger partial charge on any atom is -0.396 e. The van der Waals surface area contributed by atoms with Crippen LogP contribution in [0.15, 0.2) is 48.9 Å². The summed E-state index contributed by atoms with van der Waals surface area (Å²) >= 11 is 0. The molecule has 1 fully saturated rings. The third-order valence-electron chi connectivity index (χ3n) is 6.10. The maximum absolute atomic E-state index is 12.8. The monoisotopic (exact) mass is 414 g/mol. The van der Waals surface area contributed by atoms with Gasteiger partial charge >= 0.3 is 6.03 Å². The van der Waals surface area contributed by atoms with Gasteiger partial charge in [-0.2, -0.15) is 10.4 Å². The molecule has 0 spiro atoms. The molecule has 0 radical (unpaired) electrons. The number of benzene rings is 1. The van der Waals surface area contributed by atoms with Gasteiger partial charge in [-0.3, -0.25) is 9.25 Å². The minimum atomic E-state index is -0.318. The van der Waals surface area contributed by atoms with Crippen LogP contribution in [0.5, 0.6) is 0 Å². The molecule has 156 valence electrons. The average Bonchev–Trinajstić information content (AvgIpc) is 3.42. The highest BCUT2D eigenvalue weighted by Gasteiger charge is 2.22. The van der Waals surface area contributed by atoms with E-state index in [1.807, 2.05) is 29.1 Å². The number of aliphatic hydroxyl groups is 1. The molecule has 3 heterocycles. The Labute approximate surface area is 178 Å². The van der Waals surface area contributed by atoms with Gasteiger partial charge in [0.05, 0.1) is 17.1 Å². The lowest BCUT2D eigenvalue weighted by Crippen LogP contribution is -2.20. The maximum atomic E-state index is 12.8. The summed E-state index contributed by atoms with van der Waals surface area (Å²) in [5.74, 6) is 0.411. The molecule has 0 bridgehead atoms. The molecule has 2 N–H and O–H groups in total. The Morgan fingerprint density at radius 1 is 1.19 bits per heavy atom. The first-order valence-electron chi connectivity index (χ1n) is 10.4. The lowest BCUT2D eigenvalue weighted by molar-refractivity contribution is 0.165.